The maximum Gasteiger partial charge on any atom is 0.293 e. The smallest absolute Gasteiger partial charge is 0.293 e. The van der Waals surface area contributed by atoms with E-state index < -0.39 is 11.1 Å². The van der Waals surface area contributed by atoms with Crippen LogP contribution in [-0.2, 0) is 4.79 Å². The number of ketones is 1. The fourth-order valence-electron chi connectivity index (χ4n) is 2.82. The first-order valence-electron chi connectivity index (χ1n) is 9.36. The molecule has 156 valence electrons. The lowest BCUT2D eigenvalue weighted by atomic mass is 10.1. The number of carbonyl (C=O) groups excluding carboxylic acids is 3. The molecule has 0 N–H and O–H groups in total. The normalized spacial score (nSPS) is 15.0. The van der Waals surface area contributed by atoms with Gasteiger partial charge in [-0.1, -0.05) is 17.7 Å². The number of Topliss-reactive ketones (excluding diaryl/α,β-unsaturated/α-hetero) is 1. The van der Waals surface area contributed by atoms with Crippen LogP contribution in [0, 0.1) is 0 Å². The third kappa shape index (κ3) is 5.04. The molecule has 1 heterocycles. The van der Waals surface area contributed by atoms with E-state index in [2.05, 4.69) is 0 Å². The van der Waals surface area contributed by atoms with Gasteiger partial charge in [-0.25, -0.2) is 0 Å². The predicted octanol–water partition coefficient (Wildman–Crippen LogP) is 5.06. The molecule has 0 aliphatic carbocycles. The van der Waals surface area contributed by atoms with E-state index in [4.69, 9.17) is 21.1 Å². The Morgan fingerprint density at radius 1 is 1.03 bits per heavy atom. The van der Waals surface area contributed by atoms with Crippen molar-refractivity contribution < 1.29 is 23.9 Å². The summed E-state index contributed by atoms with van der Waals surface area (Å²) in [7, 11) is 0. The molecule has 0 saturated carbocycles. The van der Waals surface area contributed by atoms with Gasteiger partial charge in [0.1, 0.15) is 0 Å². The third-order valence-electron chi connectivity index (χ3n) is 4.21. The average Bonchev–Trinajstić information content (AvgIpc) is 2.98. The SMILES string of the molecule is CCOc1ccc(/C=C2/SC(=O)N(CC(=O)c3ccc(Cl)cc3)C2=O)cc1OCC. The summed E-state index contributed by atoms with van der Waals surface area (Å²) in [5, 5.41) is 0.0203. The van der Waals surface area contributed by atoms with Crippen LogP contribution in [0.5, 0.6) is 11.5 Å². The molecule has 0 atom stereocenters. The van der Waals surface area contributed by atoms with Crippen LogP contribution < -0.4 is 9.47 Å². The fourth-order valence-corrected chi connectivity index (χ4v) is 3.78. The van der Waals surface area contributed by atoms with Gasteiger partial charge >= 0.3 is 0 Å². The number of amides is 2. The molecule has 8 heteroatoms. The van der Waals surface area contributed by atoms with Crippen molar-refractivity contribution >= 4 is 46.4 Å². The second kappa shape index (κ2) is 9.82. The highest BCUT2D eigenvalue weighted by Gasteiger charge is 2.36. The summed E-state index contributed by atoms with van der Waals surface area (Å²) in [4.78, 5) is 38.7. The van der Waals surface area contributed by atoms with E-state index in [0.717, 1.165) is 16.7 Å². The first-order valence-corrected chi connectivity index (χ1v) is 10.6. The van der Waals surface area contributed by atoms with Gasteiger partial charge in [0.2, 0.25) is 0 Å². The second-order valence-electron chi connectivity index (χ2n) is 6.27. The molecular weight excluding hydrogens is 426 g/mol. The first-order chi connectivity index (χ1) is 14.4. The van der Waals surface area contributed by atoms with Crippen molar-refractivity contribution in [3.8, 4) is 11.5 Å². The molecule has 3 rings (SSSR count). The summed E-state index contributed by atoms with van der Waals surface area (Å²) < 4.78 is 11.1. The quantitative estimate of drug-likeness (QED) is 0.418. The molecule has 0 spiro atoms. The largest absolute Gasteiger partial charge is 0.490 e. The molecule has 2 amide bonds. The van der Waals surface area contributed by atoms with Crippen LogP contribution in [-0.4, -0.2) is 41.6 Å². The van der Waals surface area contributed by atoms with Crippen LogP contribution in [0.3, 0.4) is 0 Å². The summed E-state index contributed by atoms with van der Waals surface area (Å²) in [6.07, 6.45) is 1.61. The van der Waals surface area contributed by atoms with Crippen LogP contribution in [0.4, 0.5) is 4.79 Å². The number of thioether (sulfide) groups is 1. The topological polar surface area (TPSA) is 72.9 Å². The van der Waals surface area contributed by atoms with Gasteiger partial charge in [-0.2, -0.15) is 0 Å². The Balaban J connectivity index is 1.78. The standard InChI is InChI=1S/C22H20ClNO5S/c1-3-28-18-10-5-14(11-19(18)29-4-2)12-20-21(26)24(22(27)30-20)13-17(25)15-6-8-16(23)9-7-15/h5-12H,3-4,13H2,1-2H3/b20-12+. The lowest BCUT2D eigenvalue weighted by molar-refractivity contribution is -0.122. The molecule has 0 aromatic heterocycles. The highest BCUT2D eigenvalue weighted by Crippen LogP contribution is 2.34. The Morgan fingerprint density at radius 2 is 1.70 bits per heavy atom. The number of halogens is 1. The molecule has 0 radical (unpaired) electrons. The second-order valence-corrected chi connectivity index (χ2v) is 7.70. The van der Waals surface area contributed by atoms with E-state index in [0.29, 0.717) is 40.9 Å². The average molecular weight is 446 g/mol. The number of benzene rings is 2. The van der Waals surface area contributed by atoms with Gasteiger partial charge in [-0.3, -0.25) is 19.3 Å². The van der Waals surface area contributed by atoms with Crippen LogP contribution >= 0.6 is 23.4 Å². The molecule has 30 heavy (non-hydrogen) atoms. The van der Waals surface area contributed by atoms with E-state index >= 15 is 0 Å². The van der Waals surface area contributed by atoms with Gasteiger partial charge in [0.25, 0.3) is 11.1 Å². The van der Waals surface area contributed by atoms with Crippen LogP contribution in [0.25, 0.3) is 6.08 Å². The van der Waals surface area contributed by atoms with Crippen LogP contribution in [0.1, 0.15) is 29.8 Å². The Bertz CT molecular complexity index is 1000. The van der Waals surface area contributed by atoms with Gasteiger partial charge < -0.3 is 9.47 Å². The van der Waals surface area contributed by atoms with Crippen molar-refractivity contribution in [1.82, 2.24) is 4.90 Å². The number of rotatable bonds is 8. The number of hydrogen-bond donors (Lipinski definition) is 0. The van der Waals surface area contributed by atoms with Gasteiger partial charge in [-0.15, -0.1) is 0 Å². The highest BCUT2D eigenvalue weighted by atomic mass is 35.5. The van der Waals surface area contributed by atoms with Crippen molar-refractivity contribution in [3.05, 3.63) is 63.5 Å². The van der Waals surface area contributed by atoms with Crippen molar-refractivity contribution in [2.75, 3.05) is 19.8 Å². The van der Waals surface area contributed by atoms with Crippen molar-refractivity contribution in [3.63, 3.8) is 0 Å². The molecule has 1 aliphatic rings. The van der Waals surface area contributed by atoms with E-state index in [1.165, 1.54) is 0 Å². The summed E-state index contributed by atoms with van der Waals surface area (Å²) in [6.45, 7) is 4.39. The summed E-state index contributed by atoms with van der Waals surface area (Å²) in [6, 6.07) is 11.6. The monoisotopic (exact) mass is 445 g/mol. The Kier molecular flexibility index (Phi) is 7.18. The molecule has 2 aromatic carbocycles. The number of imide groups is 1. The Labute approximate surface area is 183 Å². The van der Waals surface area contributed by atoms with E-state index in [9.17, 15) is 14.4 Å². The van der Waals surface area contributed by atoms with Crippen LogP contribution in [0.2, 0.25) is 5.02 Å². The third-order valence-corrected chi connectivity index (χ3v) is 5.37. The van der Waals surface area contributed by atoms with Crippen molar-refractivity contribution in [1.29, 1.82) is 0 Å². The molecule has 0 unspecified atom stereocenters. The van der Waals surface area contributed by atoms with Crippen molar-refractivity contribution in [2.24, 2.45) is 0 Å². The molecule has 1 fully saturated rings. The lowest BCUT2D eigenvalue weighted by Gasteiger charge is -2.12. The summed E-state index contributed by atoms with van der Waals surface area (Å²) >= 11 is 6.63. The number of ether oxygens (including phenoxy) is 2. The summed E-state index contributed by atoms with van der Waals surface area (Å²) in [5.74, 6) is 0.331. The van der Waals surface area contributed by atoms with E-state index in [-0.39, 0.29) is 17.2 Å². The Hall–Kier alpha value is -2.77. The molecular formula is C22H20ClNO5S. The van der Waals surface area contributed by atoms with E-state index in [1.807, 2.05) is 13.8 Å². The zero-order valence-corrected chi connectivity index (χ0v) is 18.1. The number of hydrogen-bond acceptors (Lipinski definition) is 6. The minimum Gasteiger partial charge on any atom is -0.490 e. The molecule has 0 bridgehead atoms. The van der Waals surface area contributed by atoms with E-state index in [1.54, 1.807) is 48.5 Å². The van der Waals surface area contributed by atoms with Crippen LogP contribution in [0.15, 0.2) is 47.4 Å². The highest BCUT2D eigenvalue weighted by molar-refractivity contribution is 8.18. The minimum absolute atomic E-state index is 0.246. The van der Waals surface area contributed by atoms with Gasteiger partial charge in [0, 0.05) is 10.6 Å². The maximum atomic E-state index is 12.7. The van der Waals surface area contributed by atoms with Gasteiger partial charge in [-0.05, 0) is 73.6 Å². The zero-order valence-electron chi connectivity index (χ0n) is 16.5. The lowest BCUT2D eigenvalue weighted by Crippen LogP contribution is -2.33. The number of carbonyl (C=O) groups is 3. The predicted molar refractivity (Wildman–Crippen MR) is 117 cm³/mol. The maximum absolute atomic E-state index is 12.7. The molecule has 6 nitrogen and oxygen atoms in total. The van der Waals surface area contributed by atoms with Gasteiger partial charge in [0.05, 0.1) is 24.7 Å². The summed E-state index contributed by atoms with van der Waals surface area (Å²) in [5.41, 5.74) is 1.08. The molecule has 1 aliphatic heterocycles. The van der Waals surface area contributed by atoms with Gasteiger partial charge in [0.15, 0.2) is 17.3 Å². The first kappa shape index (κ1) is 21.9. The number of nitrogens with zero attached hydrogens (tertiary/aromatic N) is 1. The fraction of sp³-hybridized carbons (Fsp3) is 0.227. The molecule has 2 aromatic rings. The Morgan fingerprint density at radius 3 is 2.37 bits per heavy atom. The van der Waals surface area contributed by atoms with Crippen molar-refractivity contribution in [2.45, 2.75) is 13.8 Å². The zero-order chi connectivity index (χ0) is 21.7. The molecule has 1 saturated heterocycles. The minimum atomic E-state index is -0.501.